The van der Waals surface area contributed by atoms with Gasteiger partial charge in [0.05, 0.1) is 114 Å². The van der Waals surface area contributed by atoms with Gasteiger partial charge in [-0.15, -0.1) is 0 Å². The molecule has 0 bridgehead atoms. The van der Waals surface area contributed by atoms with Gasteiger partial charge >= 0.3 is 0 Å². The second kappa shape index (κ2) is 35.6. The van der Waals surface area contributed by atoms with Gasteiger partial charge in [0.15, 0.2) is 42.3 Å². The Labute approximate surface area is 706 Å². The molecular weight excluding hydrogens is 1660 g/mol. The van der Waals surface area contributed by atoms with Crippen molar-refractivity contribution in [3.8, 4) is 45.0 Å². The Morgan fingerprint density at radius 1 is 0.407 bits per heavy atom. The number of hydrogen-bond donors (Lipinski definition) is 8. The van der Waals surface area contributed by atoms with Gasteiger partial charge in [0, 0.05) is 140 Å². The lowest BCUT2D eigenvalue weighted by Gasteiger charge is -2.29. The number of sulfonamides is 1. The number of sulfone groups is 2. The van der Waals surface area contributed by atoms with E-state index in [1.807, 2.05) is 83.9 Å². The molecule has 18 rings (SSSR count). The average Bonchev–Trinajstić information content (AvgIpc) is 1.68. The number of aromatic nitrogens is 9. The molecule has 626 valence electrons. The summed E-state index contributed by atoms with van der Waals surface area (Å²) < 4.78 is 131. The topological polar surface area (TPSA) is 390 Å². The lowest BCUT2D eigenvalue weighted by atomic mass is 10.1. The predicted octanol–water partition coefficient (Wildman–Crippen LogP) is 14.1. The van der Waals surface area contributed by atoms with Crippen molar-refractivity contribution < 1.29 is 57.5 Å². The first kappa shape index (κ1) is 83.8. The number of benzene rings is 7. The molecule has 2 saturated heterocycles. The molecule has 7 aromatic carbocycles. The summed E-state index contributed by atoms with van der Waals surface area (Å²) in [6.45, 7) is 5.13. The molecule has 0 radical (unpaired) electrons. The number of morpholine rings is 2. The number of halogens is 4. The number of primary amides is 2. The highest BCUT2D eigenvalue weighted by Crippen LogP contribution is 2.36. The van der Waals surface area contributed by atoms with Crippen LogP contribution in [-0.4, -0.2) is 145 Å². The zero-order valence-corrected chi connectivity index (χ0v) is 68.6. The van der Waals surface area contributed by atoms with E-state index in [1.54, 1.807) is 151 Å². The minimum absolute atomic E-state index is 0.0453. The van der Waals surface area contributed by atoms with Gasteiger partial charge in [-0.25, -0.2) is 63.5 Å². The number of nitrogens with zero attached hydrogens (tertiary/aromatic N) is 10. The van der Waals surface area contributed by atoms with E-state index in [1.165, 1.54) is 54.6 Å². The van der Waals surface area contributed by atoms with Crippen LogP contribution in [0, 0.1) is 17.5 Å². The molecule has 11 heterocycles. The lowest BCUT2D eigenvalue weighted by Crippen LogP contribution is -2.36. The van der Waals surface area contributed by atoms with E-state index in [4.69, 9.17) is 37.7 Å². The first-order chi connectivity index (χ1) is 59.1. The van der Waals surface area contributed by atoms with Crippen LogP contribution < -0.4 is 53.2 Å². The maximum Gasteiger partial charge on any atom is 0.251 e. The number of amides is 2. The van der Waals surface area contributed by atoms with Gasteiger partial charge in [-0.3, -0.25) is 32.0 Å². The number of pyridine rings is 5. The summed E-state index contributed by atoms with van der Waals surface area (Å²) in [5.41, 5.74) is 26.1. The van der Waals surface area contributed by atoms with Crippen LogP contribution in [-0.2, 0) is 39.2 Å². The van der Waals surface area contributed by atoms with Crippen LogP contribution in [0.25, 0.3) is 67.6 Å². The number of carbonyl (C=O) groups is 2. The predicted molar refractivity (Wildman–Crippen MR) is 468 cm³/mol. The molecule has 0 atom stereocenters. The normalized spacial score (nSPS) is 13.0. The van der Waals surface area contributed by atoms with E-state index in [-0.39, 0.29) is 48.0 Å². The molecule has 2 amide bonds. The average molecular weight is 1740 g/mol. The van der Waals surface area contributed by atoms with Gasteiger partial charge < -0.3 is 57.0 Å². The van der Waals surface area contributed by atoms with Crippen molar-refractivity contribution in [1.82, 2.24) is 42.5 Å². The third-order valence-electron chi connectivity index (χ3n) is 20.1. The molecule has 2 aliphatic heterocycles. The molecule has 0 aliphatic carbocycles. The Balaban J connectivity index is 0.000000127. The quantitative estimate of drug-likeness (QED) is 0.0373. The highest BCUT2D eigenvalue weighted by atomic mass is 35.5. The van der Waals surface area contributed by atoms with Crippen LogP contribution in [0.15, 0.2) is 282 Å². The zero-order chi connectivity index (χ0) is 86.4. The number of anilines is 10. The standard InChI is InChI=1S/C24H21ClFN5O2.C22H20FN5O2.C21H17FN4O3S.C20H18N4O4S2/c25-18-13-15(1-3-17(18)23(27)32)21-6-4-20(24-28-7-8-31(21)24)29-16-2-5-22(19(26)14-16)30-9-11-33-12-10-30;23-17-13-16(2-4-20(17)27-9-11-30-12-10-27)26-18-3-5-19(28-8-7-24-22(18)28)15-1-6-21(29)25-14-15;1-30(28,29)15-5-3-14(4-6-15)25-18-8-9-19(26-11-10-24-21(18)26)13-2-7-16(20(23)27)17(22)12-13;1-29(25,26)16-8-4-15(5-9-16)23-18-10-11-19(24-13-12-22-20(18)24)14-2-6-17(7-3-14)30(21,27)28/h1-8,13-14,29H,9-12H2,(H2,27,32);1-8,13-14,26H,9-12H2,(H,25,29);2-12,25H,1H3,(H2,23,27);2-13,23H,1H3,(H2,21,27,28). The van der Waals surface area contributed by atoms with Gasteiger partial charge in [-0.1, -0.05) is 35.9 Å². The molecule has 9 aromatic heterocycles. The van der Waals surface area contributed by atoms with Crippen LogP contribution in [0.1, 0.15) is 20.7 Å². The van der Waals surface area contributed by atoms with E-state index in [9.17, 15) is 52.8 Å². The fraction of sp³-hybridized carbons (Fsp3) is 0.115. The van der Waals surface area contributed by atoms with Crippen molar-refractivity contribution in [2.45, 2.75) is 14.7 Å². The van der Waals surface area contributed by atoms with Crippen LogP contribution in [0.4, 0.5) is 70.0 Å². The third kappa shape index (κ3) is 19.0. The summed E-state index contributed by atoms with van der Waals surface area (Å²) in [5, 5.41) is 18.4. The molecule has 123 heavy (non-hydrogen) atoms. The molecule has 0 saturated carbocycles. The number of primary sulfonamides is 1. The Kier molecular flexibility index (Phi) is 24.3. The Morgan fingerprint density at radius 2 is 0.748 bits per heavy atom. The van der Waals surface area contributed by atoms with Gasteiger partial charge in [-0.2, -0.15) is 0 Å². The van der Waals surface area contributed by atoms with E-state index in [0.29, 0.717) is 121 Å². The number of ether oxygens (including phenoxy) is 2. The molecule has 11 N–H and O–H groups in total. The van der Waals surface area contributed by atoms with Crippen LogP contribution in [0.3, 0.4) is 0 Å². The summed E-state index contributed by atoms with van der Waals surface area (Å²) in [4.78, 5) is 59.0. The summed E-state index contributed by atoms with van der Waals surface area (Å²) >= 11 is 6.24. The second-order valence-electron chi connectivity index (χ2n) is 28.3. The summed E-state index contributed by atoms with van der Waals surface area (Å²) in [6, 6.07) is 56.9. The summed E-state index contributed by atoms with van der Waals surface area (Å²) in [6.07, 6.45) is 17.9. The molecule has 0 spiro atoms. The minimum Gasteiger partial charge on any atom is -0.378 e. The molecule has 16 aromatic rings. The summed E-state index contributed by atoms with van der Waals surface area (Å²) in [7, 11) is -10.3. The molecule has 0 unspecified atom stereocenters. The Morgan fingerprint density at radius 3 is 1.10 bits per heavy atom. The van der Waals surface area contributed by atoms with Crippen molar-refractivity contribution in [3.63, 3.8) is 0 Å². The van der Waals surface area contributed by atoms with Gasteiger partial charge in [0.25, 0.3) is 5.91 Å². The van der Waals surface area contributed by atoms with E-state index in [0.717, 1.165) is 69.0 Å². The van der Waals surface area contributed by atoms with Crippen molar-refractivity contribution in [3.05, 3.63) is 306 Å². The Bertz CT molecular complexity index is 7110. The maximum absolute atomic E-state index is 14.8. The number of fused-ring (bicyclic) bond motifs is 4. The maximum atomic E-state index is 14.8. The number of rotatable bonds is 19. The van der Waals surface area contributed by atoms with Crippen molar-refractivity contribution >= 4 is 133 Å². The number of carbonyl (C=O) groups excluding carboxylic acids is 2. The van der Waals surface area contributed by atoms with Crippen LogP contribution in [0.5, 0.6) is 0 Å². The van der Waals surface area contributed by atoms with Gasteiger partial charge in [0.1, 0.15) is 17.5 Å². The smallest absolute Gasteiger partial charge is 0.251 e. The van der Waals surface area contributed by atoms with Crippen molar-refractivity contribution in [2.24, 2.45) is 16.6 Å². The van der Waals surface area contributed by atoms with Crippen LogP contribution >= 0.6 is 11.6 Å². The number of nitrogens with one attached hydrogen (secondary N) is 5. The molecule has 2 aliphatic rings. The third-order valence-corrected chi connectivity index (χ3v) is 23.6. The first-order valence-corrected chi connectivity index (χ1v) is 43.6. The number of H-pyrrole nitrogens is 1. The summed E-state index contributed by atoms with van der Waals surface area (Å²) in [5.74, 6) is -2.66. The van der Waals surface area contributed by atoms with Crippen molar-refractivity contribution in [2.75, 3.05) is 96.2 Å². The van der Waals surface area contributed by atoms with Gasteiger partial charge in [0.2, 0.25) is 21.5 Å². The van der Waals surface area contributed by atoms with Gasteiger partial charge in [-0.05, 0) is 181 Å². The number of imidazole rings is 4. The van der Waals surface area contributed by atoms with E-state index < -0.39 is 47.3 Å². The highest BCUT2D eigenvalue weighted by molar-refractivity contribution is 7.91. The van der Waals surface area contributed by atoms with Crippen LogP contribution in [0.2, 0.25) is 5.02 Å². The first-order valence-electron chi connectivity index (χ1n) is 37.9. The number of aromatic amines is 1. The minimum atomic E-state index is -3.75. The molecule has 29 nitrogen and oxygen atoms in total. The molecule has 2 fully saturated rings. The lowest BCUT2D eigenvalue weighted by molar-refractivity contribution is 0.0989. The number of nitrogens with two attached hydrogens (primary N) is 3. The number of hydrogen-bond acceptors (Lipinski definition) is 21. The SMILES string of the molecule is CS(=O)(=O)c1ccc(Nc2ccc(-c3ccc(C(N)=O)c(F)c3)n3ccnc23)cc1.CS(=O)(=O)c1ccc(Nc2ccc(-c3ccc(S(N)(=O)=O)cc3)n3ccnc23)cc1.NC(=O)c1ccc(-c2ccc(Nc3ccc(N4CCOCC4)c(F)c3)c3nccn23)cc1Cl.O=c1ccc(-c2ccc(Nc3ccc(N4CCOCC4)c(F)c3)c3nccn23)c[nH]1. The Hall–Kier alpha value is -14.2. The monoisotopic (exact) mass is 1740 g/mol. The van der Waals surface area contributed by atoms with E-state index in [2.05, 4.69) is 46.2 Å². The van der Waals surface area contributed by atoms with E-state index >= 15 is 0 Å². The fourth-order valence-electron chi connectivity index (χ4n) is 14.0. The second-order valence-corrected chi connectivity index (χ2v) is 34.3. The molecule has 36 heteroatoms. The van der Waals surface area contributed by atoms with Crippen molar-refractivity contribution in [1.29, 1.82) is 0 Å². The zero-order valence-electron chi connectivity index (χ0n) is 65.4. The molecular formula is C87H76ClF3N18O11S3. The largest absolute Gasteiger partial charge is 0.378 e. The highest BCUT2D eigenvalue weighted by Gasteiger charge is 2.22. The fourth-order valence-corrected chi connectivity index (χ4v) is 16.1.